The maximum Gasteiger partial charge on any atom is 0.251 e. The number of nitrogens with zero attached hydrogens (tertiary/aromatic N) is 4. The quantitative estimate of drug-likeness (QED) is 0.299. The van der Waals surface area contributed by atoms with Gasteiger partial charge in [-0.3, -0.25) is 4.79 Å². The molecule has 1 aromatic carbocycles. The highest BCUT2D eigenvalue weighted by molar-refractivity contribution is 7.98. The average molecular weight is 415 g/mol. The lowest BCUT2D eigenvalue weighted by atomic mass is 10.1. The largest absolute Gasteiger partial charge is 0.380 e. The van der Waals surface area contributed by atoms with Crippen LogP contribution in [0.25, 0.3) is 11.0 Å². The average Bonchev–Trinajstić information content (AvgIpc) is 3.14. The first-order valence-electron chi connectivity index (χ1n) is 9.56. The van der Waals surface area contributed by atoms with Gasteiger partial charge < -0.3 is 15.4 Å². The van der Waals surface area contributed by atoms with Gasteiger partial charge in [-0.05, 0) is 32.2 Å². The summed E-state index contributed by atoms with van der Waals surface area (Å²) in [5.41, 5.74) is 2.51. The molecule has 0 bridgehead atoms. The molecule has 2 N–H and O–H groups in total. The molecule has 2 heterocycles. The number of carbonyl (C=O) groups excluding carboxylic acids is 1. The molecule has 0 aliphatic carbocycles. The molecule has 8 nitrogen and oxygen atoms in total. The van der Waals surface area contributed by atoms with Crippen LogP contribution in [0.3, 0.4) is 0 Å². The van der Waals surface area contributed by atoms with Gasteiger partial charge in [-0.25, -0.2) is 14.6 Å². The summed E-state index contributed by atoms with van der Waals surface area (Å²) in [5, 5.41) is 12.2. The van der Waals surface area contributed by atoms with E-state index in [1.807, 2.05) is 44.4 Å². The van der Waals surface area contributed by atoms with Crippen LogP contribution < -0.4 is 10.6 Å². The molecule has 0 saturated carbocycles. The van der Waals surface area contributed by atoms with Gasteiger partial charge in [0.1, 0.15) is 5.82 Å². The topological polar surface area (TPSA) is 94.0 Å². The Kier molecular flexibility index (Phi) is 7.42. The molecule has 9 heteroatoms. The van der Waals surface area contributed by atoms with Crippen LogP contribution >= 0.6 is 11.8 Å². The number of aryl methyl sites for hydroxylation is 1. The van der Waals surface area contributed by atoms with Crippen LogP contribution in [0, 0.1) is 6.92 Å². The monoisotopic (exact) mass is 414 g/mol. The Hall–Kier alpha value is -2.65. The van der Waals surface area contributed by atoms with Crippen molar-refractivity contribution in [2.45, 2.75) is 25.5 Å². The van der Waals surface area contributed by atoms with E-state index < -0.39 is 0 Å². The summed E-state index contributed by atoms with van der Waals surface area (Å²) in [4.78, 5) is 21.4. The molecule has 3 aromatic rings. The van der Waals surface area contributed by atoms with Gasteiger partial charge in [0, 0.05) is 25.3 Å². The van der Waals surface area contributed by atoms with E-state index in [9.17, 15) is 4.79 Å². The molecule has 0 radical (unpaired) electrons. The second kappa shape index (κ2) is 10.2. The minimum Gasteiger partial charge on any atom is -0.380 e. The number of aromatic nitrogens is 4. The third-order valence-electron chi connectivity index (χ3n) is 4.32. The Labute approximate surface area is 174 Å². The van der Waals surface area contributed by atoms with E-state index in [1.54, 1.807) is 10.9 Å². The van der Waals surface area contributed by atoms with Crippen molar-refractivity contribution in [2.24, 2.45) is 0 Å². The van der Waals surface area contributed by atoms with E-state index in [1.165, 1.54) is 11.8 Å². The lowest BCUT2D eigenvalue weighted by Gasteiger charge is -2.09. The van der Waals surface area contributed by atoms with Gasteiger partial charge in [0.15, 0.2) is 10.8 Å². The summed E-state index contributed by atoms with van der Waals surface area (Å²) in [6, 6.07) is 7.51. The number of thioether (sulfide) groups is 1. The summed E-state index contributed by atoms with van der Waals surface area (Å²) >= 11 is 1.48. The van der Waals surface area contributed by atoms with Crippen molar-refractivity contribution in [3.8, 4) is 0 Å². The zero-order valence-corrected chi connectivity index (χ0v) is 17.8. The maximum atomic E-state index is 12.3. The van der Waals surface area contributed by atoms with Crippen molar-refractivity contribution in [2.75, 3.05) is 37.9 Å². The molecule has 0 saturated heterocycles. The van der Waals surface area contributed by atoms with E-state index in [0.29, 0.717) is 43.6 Å². The smallest absolute Gasteiger partial charge is 0.251 e. The number of nitrogens with one attached hydrogen (secondary N) is 2. The van der Waals surface area contributed by atoms with Crippen LogP contribution in [-0.4, -0.2) is 58.2 Å². The molecular weight excluding hydrogens is 388 g/mol. The van der Waals surface area contributed by atoms with Crippen LogP contribution in [0.5, 0.6) is 0 Å². The fourth-order valence-corrected chi connectivity index (χ4v) is 3.15. The van der Waals surface area contributed by atoms with Crippen molar-refractivity contribution in [3.63, 3.8) is 0 Å². The molecule has 0 fully saturated rings. The first-order valence-corrected chi connectivity index (χ1v) is 10.8. The zero-order chi connectivity index (χ0) is 20.6. The van der Waals surface area contributed by atoms with Gasteiger partial charge >= 0.3 is 0 Å². The minimum absolute atomic E-state index is 0.0980. The lowest BCUT2D eigenvalue weighted by Crippen LogP contribution is -2.27. The van der Waals surface area contributed by atoms with Gasteiger partial charge in [-0.1, -0.05) is 29.5 Å². The maximum absolute atomic E-state index is 12.3. The highest BCUT2D eigenvalue weighted by atomic mass is 32.2. The molecule has 154 valence electrons. The van der Waals surface area contributed by atoms with E-state index in [4.69, 9.17) is 4.74 Å². The fraction of sp³-hybridized carbons (Fsp3) is 0.400. The number of rotatable bonds is 10. The van der Waals surface area contributed by atoms with Gasteiger partial charge in [-0.2, -0.15) is 5.10 Å². The van der Waals surface area contributed by atoms with Gasteiger partial charge in [0.2, 0.25) is 0 Å². The summed E-state index contributed by atoms with van der Waals surface area (Å²) in [5.74, 6) is 0.646. The summed E-state index contributed by atoms with van der Waals surface area (Å²) < 4.78 is 7.17. The van der Waals surface area contributed by atoms with E-state index in [0.717, 1.165) is 22.4 Å². The zero-order valence-electron chi connectivity index (χ0n) is 16.9. The minimum atomic E-state index is -0.0980. The van der Waals surface area contributed by atoms with Crippen LogP contribution in [0.2, 0.25) is 0 Å². The second-order valence-corrected chi connectivity index (χ2v) is 7.18. The SMILES string of the molecule is CCOCCNc1nc(SC)nc2c1cnn2CCNC(=O)c1ccc(C)cc1. The Balaban J connectivity index is 1.67. The summed E-state index contributed by atoms with van der Waals surface area (Å²) in [7, 11) is 0. The second-order valence-electron chi connectivity index (χ2n) is 6.41. The highest BCUT2D eigenvalue weighted by Gasteiger charge is 2.13. The number of benzene rings is 1. The molecule has 0 spiro atoms. The number of hydrogen-bond donors (Lipinski definition) is 2. The van der Waals surface area contributed by atoms with Crippen molar-refractivity contribution >= 4 is 34.5 Å². The van der Waals surface area contributed by atoms with Crippen molar-refractivity contribution in [3.05, 3.63) is 41.6 Å². The third-order valence-corrected chi connectivity index (χ3v) is 4.87. The first-order chi connectivity index (χ1) is 14.1. The molecule has 3 rings (SSSR count). The third kappa shape index (κ3) is 5.45. The van der Waals surface area contributed by atoms with Crippen molar-refractivity contribution in [1.29, 1.82) is 0 Å². The van der Waals surface area contributed by atoms with Gasteiger partial charge in [0.05, 0.1) is 24.7 Å². The number of fused-ring (bicyclic) bond motifs is 1. The Morgan fingerprint density at radius 2 is 2.00 bits per heavy atom. The molecule has 0 aliphatic rings. The van der Waals surface area contributed by atoms with Crippen molar-refractivity contribution in [1.82, 2.24) is 25.1 Å². The predicted octanol–water partition coefficient (Wildman–Crippen LogP) is 2.74. The molecule has 2 aromatic heterocycles. The molecule has 1 amide bonds. The predicted molar refractivity (Wildman–Crippen MR) is 116 cm³/mol. The summed E-state index contributed by atoms with van der Waals surface area (Å²) in [6.45, 7) is 6.88. The standard InChI is InChI=1S/C20H26N6O2S/c1-4-28-12-10-21-17-16-13-23-26(18(16)25-20(24-17)29-3)11-9-22-19(27)15-7-5-14(2)6-8-15/h5-8,13H,4,9-12H2,1-3H3,(H,22,27)(H,21,24,25). The summed E-state index contributed by atoms with van der Waals surface area (Å²) in [6.07, 6.45) is 3.69. The van der Waals surface area contributed by atoms with Gasteiger partial charge in [-0.15, -0.1) is 0 Å². The lowest BCUT2D eigenvalue weighted by molar-refractivity contribution is 0.0952. The number of amides is 1. The number of ether oxygens (including phenoxy) is 1. The Morgan fingerprint density at radius 1 is 1.21 bits per heavy atom. The number of anilines is 1. The molecule has 0 atom stereocenters. The van der Waals surface area contributed by atoms with Crippen molar-refractivity contribution < 1.29 is 9.53 Å². The fourth-order valence-electron chi connectivity index (χ4n) is 2.79. The normalized spacial score (nSPS) is 11.0. The number of carbonyl (C=O) groups is 1. The molecular formula is C20H26N6O2S. The Bertz CT molecular complexity index is 958. The van der Waals surface area contributed by atoms with E-state index in [-0.39, 0.29) is 5.91 Å². The van der Waals surface area contributed by atoms with Crippen LogP contribution in [0.1, 0.15) is 22.8 Å². The van der Waals surface area contributed by atoms with Gasteiger partial charge in [0.25, 0.3) is 5.91 Å². The van der Waals surface area contributed by atoms with E-state index >= 15 is 0 Å². The molecule has 29 heavy (non-hydrogen) atoms. The Morgan fingerprint density at radius 3 is 2.72 bits per heavy atom. The molecule has 0 unspecified atom stereocenters. The van der Waals surface area contributed by atoms with Crippen LogP contribution in [0.4, 0.5) is 5.82 Å². The number of hydrogen-bond acceptors (Lipinski definition) is 7. The highest BCUT2D eigenvalue weighted by Crippen LogP contribution is 2.23. The van der Waals surface area contributed by atoms with Crippen LogP contribution in [0.15, 0.2) is 35.6 Å². The first kappa shape index (κ1) is 21.1. The molecule has 0 aliphatic heterocycles. The van der Waals surface area contributed by atoms with Crippen LogP contribution in [-0.2, 0) is 11.3 Å². The van der Waals surface area contributed by atoms with E-state index in [2.05, 4.69) is 25.7 Å².